The lowest BCUT2D eigenvalue weighted by atomic mass is 10.2. The van der Waals surface area contributed by atoms with E-state index in [1.54, 1.807) is 0 Å². The van der Waals surface area contributed by atoms with Gasteiger partial charge in [0.2, 0.25) is 0 Å². The van der Waals surface area contributed by atoms with Crippen molar-refractivity contribution in [2.24, 2.45) is 0 Å². The Balaban J connectivity index is 1.53. The highest BCUT2D eigenvalue weighted by molar-refractivity contribution is 6.30. The standard InChI is InChI=1S/C17H18ClNO2/c18-14-7-5-13(6-8-14)11-19-12-15-9-10-20-16-3-1-2-4-17(16)21-15/h1-8,15,19H,9-12H2. The molecule has 0 fully saturated rings. The van der Waals surface area contributed by atoms with Crippen LogP contribution in [0.4, 0.5) is 0 Å². The normalized spacial score (nSPS) is 17.3. The van der Waals surface area contributed by atoms with E-state index >= 15 is 0 Å². The number of rotatable bonds is 4. The van der Waals surface area contributed by atoms with E-state index in [0.29, 0.717) is 6.61 Å². The molecule has 3 nitrogen and oxygen atoms in total. The zero-order valence-corrected chi connectivity index (χ0v) is 12.5. The Kier molecular flexibility index (Phi) is 4.63. The Morgan fingerprint density at radius 3 is 2.62 bits per heavy atom. The summed E-state index contributed by atoms with van der Waals surface area (Å²) in [5.41, 5.74) is 1.21. The highest BCUT2D eigenvalue weighted by Gasteiger charge is 2.17. The fourth-order valence-corrected chi connectivity index (χ4v) is 2.46. The van der Waals surface area contributed by atoms with Crippen LogP contribution in [0.15, 0.2) is 48.5 Å². The van der Waals surface area contributed by atoms with Gasteiger partial charge in [-0.1, -0.05) is 35.9 Å². The SMILES string of the molecule is Clc1ccc(CNCC2CCOc3ccccc3O2)cc1. The van der Waals surface area contributed by atoms with E-state index < -0.39 is 0 Å². The molecule has 1 aliphatic rings. The summed E-state index contributed by atoms with van der Waals surface area (Å²) in [5.74, 6) is 1.66. The first-order valence-electron chi connectivity index (χ1n) is 7.15. The van der Waals surface area contributed by atoms with E-state index in [-0.39, 0.29) is 6.10 Å². The average Bonchev–Trinajstić information content (AvgIpc) is 2.71. The first-order valence-corrected chi connectivity index (χ1v) is 7.53. The first-order chi connectivity index (χ1) is 10.3. The van der Waals surface area contributed by atoms with Crippen molar-refractivity contribution in [1.82, 2.24) is 5.32 Å². The molecule has 4 heteroatoms. The Morgan fingerprint density at radius 2 is 1.81 bits per heavy atom. The second-order valence-corrected chi connectivity index (χ2v) is 5.52. The van der Waals surface area contributed by atoms with E-state index in [4.69, 9.17) is 21.1 Å². The molecule has 0 bridgehead atoms. The summed E-state index contributed by atoms with van der Waals surface area (Å²) >= 11 is 5.88. The highest BCUT2D eigenvalue weighted by atomic mass is 35.5. The van der Waals surface area contributed by atoms with Gasteiger partial charge in [0.15, 0.2) is 11.5 Å². The molecular formula is C17H18ClNO2. The number of hydrogen-bond acceptors (Lipinski definition) is 3. The minimum atomic E-state index is 0.126. The van der Waals surface area contributed by atoms with Crippen LogP contribution < -0.4 is 14.8 Å². The van der Waals surface area contributed by atoms with Crippen LogP contribution in [0.1, 0.15) is 12.0 Å². The highest BCUT2D eigenvalue weighted by Crippen LogP contribution is 2.30. The zero-order valence-electron chi connectivity index (χ0n) is 11.7. The maximum atomic E-state index is 6.01. The Morgan fingerprint density at radius 1 is 1.05 bits per heavy atom. The number of nitrogens with one attached hydrogen (secondary N) is 1. The molecule has 0 saturated carbocycles. The number of benzene rings is 2. The van der Waals surface area contributed by atoms with Gasteiger partial charge in [-0.05, 0) is 29.8 Å². The lowest BCUT2D eigenvalue weighted by molar-refractivity contribution is 0.187. The van der Waals surface area contributed by atoms with E-state index in [9.17, 15) is 0 Å². The van der Waals surface area contributed by atoms with Gasteiger partial charge in [0, 0.05) is 24.5 Å². The minimum Gasteiger partial charge on any atom is -0.490 e. The molecule has 1 atom stereocenters. The van der Waals surface area contributed by atoms with Gasteiger partial charge in [-0.15, -0.1) is 0 Å². The summed E-state index contributed by atoms with van der Waals surface area (Å²) in [4.78, 5) is 0. The van der Waals surface area contributed by atoms with Crippen LogP contribution in [-0.4, -0.2) is 19.3 Å². The predicted octanol–water partition coefficient (Wildman–Crippen LogP) is 3.66. The van der Waals surface area contributed by atoms with Crippen LogP contribution in [0.25, 0.3) is 0 Å². The lowest BCUT2D eigenvalue weighted by Gasteiger charge is -2.16. The van der Waals surface area contributed by atoms with Crippen molar-refractivity contribution in [3.05, 3.63) is 59.1 Å². The predicted molar refractivity (Wildman–Crippen MR) is 84.1 cm³/mol. The van der Waals surface area contributed by atoms with Crippen molar-refractivity contribution in [1.29, 1.82) is 0 Å². The second-order valence-electron chi connectivity index (χ2n) is 5.08. The van der Waals surface area contributed by atoms with Gasteiger partial charge in [0.25, 0.3) is 0 Å². The second kappa shape index (κ2) is 6.83. The van der Waals surface area contributed by atoms with Crippen LogP contribution in [0, 0.1) is 0 Å². The molecule has 21 heavy (non-hydrogen) atoms. The fraction of sp³-hybridized carbons (Fsp3) is 0.294. The third kappa shape index (κ3) is 3.90. The number of fused-ring (bicyclic) bond motifs is 1. The molecule has 0 saturated heterocycles. The third-order valence-corrected chi connectivity index (χ3v) is 3.71. The largest absolute Gasteiger partial charge is 0.490 e. The average molecular weight is 304 g/mol. The van der Waals surface area contributed by atoms with Crippen molar-refractivity contribution in [3.63, 3.8) is 0 Å². The van der Waals surface area contributed by atoms with Crippen molar-refractivity contribution in [2.75, 3.05) is 13.2 Å². The molecule has 0 spiro atoms. The summed E-state index contributed by atoms with van der Waals surface area (Å²) in [6.45, 7) is 2.28. The summed E-state index contributed by atoms with van der Waals surface area (Å²) in [5, 5.41) is 4.19. The van der Waals surface area contributed by atoms with Crippen molar-refractivity contribution in [3.8, 4) is 11.5 Å². The Bertz CT molecular complexity index is 586. The molecule has 0 aliphatic carbocycles. The van der Waals surface area contributed by atoms with E-state index in [0.717, 1.165) is 36.0 Å². The molecule has 0 radical (unpaired) electrons. The summed E-state index contributed by atoms with van der Waals surface area (Å²) in [6, 6.07) is 15.7. The Labute approximate surface area is 129 Å². The molecule has 1 unspecified atom stereocenters. The monoisotopic (exact) mass is 303 g/mol. The van der Waals surface area contributed by atoms with Crippen molar-refractivity contribution >= 4 is 11.6 Å². The van der Waals surface area contributed by atoms with E-state index in [2.05, 4.69) is 5.32 Å². The number of hydrogen-bond donors (Lipinski definition) is 1. The smallest absolute Gasteiger partial charge is 0.161 e. The van der Waals surface area contributed by atoms with Gasteiger partial charge < -0.3 is 14.8 Å². The lowest BCUT2D eigenvalue weighted by Crippen LogP contribution is -2.31. The molecule has 0 aromatic heterocycles. The van der Waals surface area contributed by atoms with Gasteiger partial charge in [0.05, 0.1) is 6.61 Å². The summed E-state index contributed by atoms with van der Waals surface area (Å²) in [6.07, 6.45) is 1.00. The van der Waals surface area contributed by atoms with Gasteiger partial charge >= 0.3 is 0 Å². The Hall–Kier alpha value is -1.71. The van der Waals surface area contributed by atoms with Gasteiger partial charge in [-0.3, -0.25) is 0 Å². The molecule has 2 aromatic carbocycles. The van der Waals surface area contributed by atoms with E-state index in [1.807, 2.05) is 48.5 Å². The maximum Gasteiger partial charge on any atom is 0.161 e. The van der Waals surface area contributed by atoms with Crippen LogP contribution in [0.2, 0.25) is 5.02 Å². The molecule has 3 rings (SSSR count). The minimum absolute atomic E-state index is 0.126. The number of ether oxygens (including phenoxy) is 2. The van der Waals surface area contributed by atoms with Gasteiger partial charge in [-0.2, -0.15) is 0 Å². The number of para-hydroxylation sites is 2. The molecule has 1 heterocycles. The molecular weight excluding hydrogens is 286 g/mol. The molecule has 1 aliphatic heterocycles. The molecule has 2 aromatic rings. The summed E-state index contributed by atoms with van der Waals surface area (Å²) in [7, 11) is 0. The van der Waals surface area contributed by atoms with Gasteiger partial charge in [0.1, 0.15) is 6.10 Å². The first kappa shape index (κ1) is 14.2. The van der Waals surface area contributed by atoms with Crippen molar-refractivity contribution < 1.29 is 9.47 Å². The number of halogens is 1. The maximum absolute atomic E-state index is 6.01. The zero-order chi connectivity index (χ0) is 14.5. The van der Waals surface area contributed by atoms with Crippen LogP contribution in [0.3, 0.4) is 0 Å². The molecule has 110 valence electrons. The van der Waals surface area contributed by atoms with Crippen LogP contribution in [0.5, 0.6) is 11.5 Å². The van der Waals surface area contributed by atoms with Crippen LogP contribution in [-0.2, 0) is 6.54 Å². The van der Waals surface area contributed by atoms with E-state index in [1.165, 1.54) is 5.56 Å². The molecule has 1 N–H and O–H groups in total. The quantitative estimate of drug-likeness (QED) is 0.935. The van der Waals surface area contributed by atoms with Crippen molar-refractivity contribution in [2.45, 2.75) is 19.1 Å². The topological polar surface area (TPSA) is 30.5 Å². The summed E-state index contributed by atoms with van der Waals surface area (Å²) < 4.78 is 11.7. The van der Waals surface area contributed by atoms with Crippen LogP contribution >= 0.6 is 11.6 Å². The third-order valence-electron chi connectivity index (χ3n) is 3.45. The van der Waals surface area contributed by atoms with Gasteiger partial charge in [-0.25, -0.2) is 0 Å². The molecule has 0 amide bonds. The fourth-order valence-electron chi connectivity index (χ4n) is 2.33.